The van der Waals surface area contributed by atoms with Crippen LogP contribution in [-0.2, 0) is 20.9 Å². The molecule has 0 N–H and O–H groups in total. The molecule has 0 radical (unpaired) electrons. The topological polar surface area (TPSA) is 48.4 Å². The fourth-order valence-electron chi connectivity index (χ4n) is 3.41. The van der Waals surface area contributed by atoms with Gasteiger partial charge in [-0.3, -0.25) is 9.78 Å². The van der Waals surface area contributed by atoms with Crippen molar-refractivity contribution < 1.29 is 14.3 Å². The predicted molar refractivity (Wildman–Crippen MR) is 74.1 cm³/mol. The van der Waals surface area contributed by atoms with Crippen LogP contribution in [0.5, 0.6) is 0 Å². The third kappa shape index (κ3) is 1.90. The average molecular weight is 275 g/mol. The number of carbonyl (C=O) groups excluding carboxylic acids is 1. The third-order valence-electron chi connectivity index (χ3n) is 4.72. The predicted octanol–water partition coefficient (Wildman–Crippen LogP) is 2.51. The Morgan fingerprint density at radius 3 is 2.70 bits per heavy atom. The van der Waals surface area contributed by atoms with E-state index in [9.17, 15) is 4.79 Å². The fourth-order valence-corrected chi connectivity index (χ4v) is 3.41. The first-order chi connectivity index (χ1) is 9.48. The molecule has 2 bridgehead atoms. The van der Waals surface area contributed by atoms with E-state index in [2.05, 4.69) is 18.8 Å². The molecule has 108 valence electrons. The summed E-state index contributed by atoms with van der Waals surface area (Å²) in [5, 5.41) is 0. The third-order valence-corrected chi connectivity index (χ3v) is 4.72. The molecule has 1 aromatic heterocycles. The maximum atomic E-state index is 12.7. The highest BCUT2D eigenvalue weighted by Gasteiger charge is 2.66. The van der Waals surface area contributed by atoms with Crippen molar-refractivity contribution in [2.45, 2.75) is 57.5 Å². The van der Waals surface area contributed by atoms with E-state index in [1.54, 1.807) is 12.4 Å². The van der Waals surface area contributed by atoms with Crippen molar-refractivity contribution in [2.75, 3.05) is 0 Å². The number of carbonyl (C=O) groups is 1. The van der Waals surface area contributed by atoms with Gasteiger partial charge in [-0.25, -0.2) is 0 Å². The number of fused-ring (bicyclic) bond motifs is 2. The Morgan fingerprint density at radius 2 is 2.10 bits per heavy atom. The summed E-state index contributed by atoms with van der Waals surface area (Å²) in [6, 6.07) is 3.80. The van der Waals surface area contributed by atoms with E-state index in [-0.39, 0.29) is 11.7 Å². The van der Waals surface area contributed by atoms with E-state index in [1.165, 1.54) is 0 Å². The highest BCUT2D eigenvalue weighted by Crippen LogP contribution is 2.52. The number of aromatic nitrogens is 1. The molecular formula is C16H21NO3. The number of rotatable bonds is 4. The van der Waals surface area contributed by atoms with Gasteiger partial charge < -0.3 is 9.47 Å². The first kappa shape index (κ1) is 13.7. The maximum Gasteiger partial charge on any atom is 0.196 e. The number of nitrogens with zero attached hydrogens (tertiary/aromatic N) is 1. The van der Waals surface area contributed by atoms with Crippen LogP contribution in [0, 0.1) is 5.92 Å². The largest absolute Gasteiger partial charge is 0.363 e. The zero-order chi connectivity index (χ0) is 14.4. The lowest BCUT2D eigenvalue weighted by Gasteiger charge is -2.30. The Morgan fingerprint density at radius 1 is 1.40 bits per heavy atom. The van der Waals surface area contributed by atoms with E-state index in [1.807, 2.05) is 19.1 Å². The fraction of sp³-hybridized carbons (Fsp3) is 0.625. The van der Waals surface area contributed by atoms with Crippen LogP contribution < -0.4 is 0 Å². The molecule has 1 aromatic rings. The van der Waals surface area contributed by atoms with Crippen molar-refractivity contribution >= 4 is 5.78 Å². The van der Waals surface area contributed by atoms with Crippen LogP contribution in [0.15, 0.2) is 24.5 Å². The molecule has 0 unspecified atom stereocenters. The Hall–Kier alpha value is -1.26. The Bertz CT molecular complexity index is 516. The van der Waals surface area contributed by atoms with Crippen molar-refractivity contribution in [3.63, 3.8) is 0 Å². The average Bonchev–Trinajstić information content (AvgIpc) is 2.89. The van der Waals surface area contributed by atoms with Crippen molar-refractivity contribution in [3.8, 4) is 0 Å². The zero-order valence-corrected chi connectivity index (χ0v) is 12.3. The summed E-state index contributed by atoms with van der Waals surface area (Å²) < 4.78 is 12.0. The van der Waals surface area contributed by atoms with Crippen LogP contribution >= 0.6 is 0 Å². The quantitative estimate of drug-likeness (QED) is 0.847. The van der Waals surface area contributed by atoms with Gasteiger partial charge >= 0.3 is 0 Å². The number of ketones is 1. The number of ether oxygens (including phenoxy) is 2. The van der Waals surface area contributed by atoms with Gasteiger partial charge in [0, 0.05) is 12.4 Å². The summed E-state index contributed by atoms with van der Waals surface area (Å²) in [6.45, 7) is 6.52. The van der Waals surface area contributed by atoms with Gasteiger partial charge in [-0.15, -0.1) is 0 Å². The SMILES string of the molecule is CC(C)[C@]12CC[C@](C)(O1)[C@H](OCc1ccncc1)C2=O. The van der Waals surface area contributed by atoms with Crippen molar-refractivity contribution in [3.05, 3.63) is 30.1 Å². The molecule has 2 aliphatic rings. The normalized spacial score (nSPS) is 36.0. The summed E-state index contributed by atoms with van der Waals surface area (Å²) in [4.78, 5) is 16.7. The lowest BCUT2D eigenvalue weighted by molar-refractivity contribution is -0.139. The molecule has 2 fully saturated rings. The van der Waals surface area contributed by atoms with Crippen molar-refractivity contribution in [2.24, 2.45) is 5.92 Å². The van der Waals surface area contributed by atoms with E-state index in [0.717, 1.165) is 18.4 Å². The highest BCUT2D eigenvalue weighted by molar-refractivity contribution is 5.96. The maximum absolute atomic E-state index is 12.7. The number of hydrogen-bond donors (Lipinski definition) is 0. The Labute approximate surface area is 119 Å². The smallest absolute Gasteiger partial charge is 0.196 e. The Balaban J connectivity index is 1.76. The molecule has 0 saturated carbocycles. The standard InChI is InChI=1S/C16H21NO3/c1-11(2)16-7-6-15(3,20-16)14(13(16)18)19-10-12-4-8-17-9-5-12/h4-5,8-9,11,14H,6-7,10H2,1-3H3/t14-,15+,16+/m1/s1. The first-order valence-corrected chi connectivity index (χ1v) is 7.23. The monoisotopic (exact) mass is 275 g/mol. The van der Waals surface area contributed by atoms with Crippen molar-refractivity contribution in [1.82, 2.24) is 4.98 Å². The highest BCUT2D eigenvalue weighted by atomic mass is 16.6. The minimum absolute atomic E-state index is 0.121. The van der Waals surface area contributed by atoms with Gasteiger partial charge in [0.25, 0.3) is 0 Å². The molecule has 2 aliphatic heterocycles. The van der Waals surface area contributed by atoms with Gasteiger partial charge in [0.05, 0.1) is 6.61 Å². The summed E-state index contributed by atoms with van der Waals surface area (Å²) >= 11 is 0. The van der Waals surface area contributed by atoms with Gasteiger partial charge in [0.2, 0.25) is 0 Å². The van der Waals surface area contributed by atoms with Gasteiger partial charge in [0.15, 0.2) is 5.78 Å². The second-order valence-electron chi connectivity index (χ2n) is 6.37. The molecule has 0 spiro atoms. The minimum Gasteiger partial charge on any atom is -0.363 e. The molecule has 0 aromatic carbocycles. The molecule has 3 heterocycles. The van der Waals surface area contributed by atoms with Gasteiger partial charge in [-0.05, 0) is 43.4 Å². The first-order valence-electron chi connectivity index (χ1n) is 7.23. The summed E-state index contributed by atoms with van der Waals surface area (Å²) in [6.07, 6.45) is 4.71. The van der Waals surface area contributed by atoms with Crippen LogP contribution in [0.3, 0.4) is 0 Å². The lowest BCUT2D eigenvalue weighted by Crippen LogP contribution is -2.48. The second-order valence-corrected chi connectivity index (χ2v) is 6.37. The molecule has 4 nitrogen and oxygen atoms in total. The van der Waals surface area contributed by atoms with Crippen LogP contribution in [0.4, 0.5) is 0 Å². The van der Waals surface area contributed by atoms with Crippen LogP contribution in [0.1, 0.15) is 39.2 Å². The molecule has 20 heavy (non-hydrogen) atoms. The van der Waals surface area contributed by atoms with E-state index in [0.29, 0.717) is 6.61 Å². The molecule has 4 heteroatoms. The number of hydrogen-bond acceptors (Lipinski definition) is 4. The van der Waals surface area contributed by atoms with Crippen LogP contribution in [-0.4, -0.2) is 28.1 Å². The summed E-state index contributed by atoms with van der Waals surface area (Å²) in [7, 11) is 0. The molecule has 3 rings (SSSR count). The Kier molecular flexibility index (Phi) is 3.18. The zero-order valence-electron chi connectivity index (χ0n) is 12.3. The minimum atomic E-state index is -0.627. The van der Waals surface area contributed by atoms with Crippen LogP contribution in [0.25, 0.3) is 0 Å². The molecular weight excluding hydrogens is 254 g/mol. The molecule has 2 saturated heterocycles. The van der Waals surface area contributed by atoms with E-state index in [4.69, 9.17) is 9.47 Å². The molecule has 0 amide bonds. The molecule has 0 aliphatic carbocycles. The van der Waals surface area contributed by atoms with E-state index >= 15 is 0 Å². The second kappa shape index (κ2) is 4.64. The van der Waals surface area contributed by atoms with E-state index < -0.39 is 17.3 Å². The van der Waals surface area contributed by atoms with Gasteiger partial charge in [-0.1, -0.05) is 13.8 Å². The number of Topliss-reactive ketones (excluding diaryl/α,β-unsaturated/α-hetero) is 1. The number of pyridine rings is 1. The van der Waals surface area contributed by atoms with Gasteiger partial charge in [-0.2, -0.15) is 0 Å². The lowest BCUT2D eigenvalue weighted by atomic mass is 9.74. The summed E-state index contributed by atoms with van der Waals surface area (Å²) in [5.74, 6) is 0.307. The van der Waals surface area contributed by atoms with Crippen LogP contribution in [0.2, 0.25) is 0 Å². The molecule has 3 atom stereocenters. The van der Waals surface area contributed by atoms with Gasteiger partial charge in [0.1, 0.15) is 17.3 Å². The van der Waals surface area contributed by atoms with Crippen molar-refractivity contribution in [1.29, 1.82) is 0 Å². The summed E-state index contributed by atoms with van der Waals surface area (Å²) in [5.41, 5.74) is -0.0655.